The zero-order valence-corrected chi connectivity index (χ0v) is 16.1. The average Bonchev–Trinajstić information content (AvgIpc) is 2.68. The first-order valence-electron chi connectivity index (χ1n) is 8.69. The van der Waals surface area contributed by atoms with Crippen LogP contribution in [-0.4, -0.2) is 37.4 Å². The molecule has 0 radical (unpaired) electrons. The summed E-state index contributed by atoms with van der Waals surface area (Å²) in [5.41, 5.74) is -3.10. The van der Waals surface area contributed by atoms with Crippen LogP contribution in [0.4, 0.5) is 18.9 Å². The van der Waals surface area contributed by atoms with Crippen molar-refractivity contribution in [3.05, 3.63) is 59.7 Å². The molecule has 2 N–H and O–H groups in total. The Balaban J connectivity index is 2.50. The Morgan fingerprint density at radius 2 is 1.66 bits per heavy atom. The van der Waals surface area contributed by atoms with E-state index in [-0.39, 0.29) is 17.9 Å². The fraction of sp³-hybridized carbons (Fsp3) is 0.300. The number of carbonyl (C=O) groups is 2. The summed E-state index contributed by atoms with van der Waals surface area (Å²) in [7, 11) is 1.41. The minimum Gasteiger partial charge on any atom is -0.497 e. The SMILES string of the molecule is CCOC(=O)[C@](NC(=O)c1ccc(OC)cc1)(Nc1ccccc1C)C(F)(F)F. The van der Waals surface area contributed by atoms with Crippen LogP contribution in [0.15, 0.2) is 48.5 Å². The number of rotatable bonds is 7. The van der Waals surface area contributed by atoms with Crippen LogP contribution in [-0.2, 0) is 9.53 Å². The van der Waals surface area contributed by atoms with E-state index in [1.807, 2.05) is 0 Å². The second kappa shape index (κ2) is 8.85. The van der Waals surface area contributed by atoms with E-state index in [0.717, 1.165) is 0 Å². The molecular formula is C20H21F3N2O4. The second-order valence-corrected chi connectivity index (χ2v) is 6.09. The molecule has 2 rings (SSSR count). The van der Waals surface area contributed by atoms with Crippen molar-refractivity contribution in [1.29, 1.82) is 0 Å². The lowest BCUT2D eigenvalue weighted by molar-refractivity contribution is -0.204. The number of amides is 1. The maximum Gasteiger partial charge on any atom is 0.441 e. The van der Waals surface area contributed by atoms with Crippen molar-refractivity contribution < 1.29 is 32.2 Å². The number of nitrogens with one attached hydrogen (secondary N) is 2. The molecule has 0 heterocycles. The summed E-state index contributed by atoms with van der Waals surface area (Å²) in [6.07, 6.45) is -5.20. The number of esters is 1. The van der Waals surface area contributed by atoms with Gasteiger partial charge in [-0.3, -0.25) is 4.79 Å². The normalized spacial score (nSPS) is 13.2. The van der Waals surface area contributed by atoms with Gasteiger partial charge in [-0.2, -0.15) is 13.2 Å². The van der Waals surface area contributed by atoms with Gasteiger partial charge in [-0.1, -0.05) is 18.2 Å². The van der Waals surface area contributed by atoms with Gasteiger partial charge in [0.25, 0.3) is 5.91 Å². The van der Waals surface area contributed by atoms with E-state index in [4.69, 9.17) is 4.74 Å². The molecule has 0 unspecified atom stereocenters. The maximum atomic E-state index is 14.2. The van der Waals surface area contributed by atoms with Gasteiger partial charge in [0.2, 0.25) is 0 Å². The lowest BCUT2D eigenvalue weighted by Crippen LogP contribution is -2.69. The highest BCUT2D eigenvalue weighted by atomic mass is 19.4. The molecule has 6 nitrogen and oxygen atoms in total. The highest BCUT2D eigenvalue weighted by Gasteiger charge is 2.63. The predicted molar refractivity (Wildman–Crippen MR) is 101 cm³/mol. The van der Waals surface area contributed by atoms with Gasteiger partial charge in [0.15, 0.2) is 0 Å². The molecule has 29 heavy (non-hydrogen) atoms. The topological polar surface area (TPSA) is 76.7 Å². The van der Waals surface area contributed by atoms with Crippen LogP contribution in [0.2, 0.25) is 0 Å². The molecule has 0 bridgehead atoms. The zero-order valence-electron chi connectivity index (χ0n) is 16.1. The van der Waals surface area contributed by atoms with E-state index >= 15 is 0 Å². The van der Waals surface area contributed by atoms with Crippen molar-refractivity contribution in [2.45, 2.75) is 25.7 Å². The Morgan fingerprint density at radius 1 is 1.03 bits per heavy atom. The Labute approximate surface area is 166 Å². The summed E-state index contributed by atoms with van der Waals surface area (Å²) in [4.78, 5) is 25.0. The molecular weight excluding hydrogens is 389 g/mol. The molecule has 0 aliphatic heterocycles. The van der Waals surface area contributed by atoms with Gasteiger partial charge in [0.1, 0.15) is 5.75 Å². The van der Waals surface area contributed by atoms with E-state index in [1.165, 1.54) is 50.4 Å². The number of aryl methyl sites for hydroxylation is 1. The van der Waals surface area contributed by atoms with Gasteiger partial charge in [0.05, 0.1) is 13.7 Å². The van der Waals surface area contributed by atoms with Gasteiger partial charge in [-0.15, -0.1) is 0 Å². The lowest BCUT2D eigenvalue weighted by Gasteiger charge is -2.35. The average molecular weight is 410 g/mol. The monoisotopic (exact) mass is 410 g/mol. The number of benzene rings is 2. The van der Waals surface area contributed by atoms with E-state index in [2.05, 4.69) is 10.1 Å². The molecule has 0 spiro atoms. The van der Waals surface area contributed by atoms with Crippen molar-refractivity contribution in [2.24, 2.45) is 0 Å². The van der Waals surface area contributed by atoms with E-state index < -0.39 is 23.7 Å². The van der Waals surface area contributed by atoms with Crippen LogP contribution >= 0.6 is 0 Å². The summed E-state index contributed by atoms with van der Waals surface area (Å²) in [6, 6.07) is 11.5. The number of hydrogen-bond acceptors (Lipinski definition) is 5. The van der Waals surface area contributed by atoms with Gasteiger partial charge >= 0.3 is 17.8 Å². The summed E-state index contributed by atoms with van der Waals surface area (Å²) in [6.45, 7) is 2.64. The molecule has 0 saturated carbocycles. The number of methoxy groups -OCH3 is 1. The first kappa shape index (κ1) is 22.1. The molecule has 0 aliphatic carbocycles. The quantitative estimate of drug-likeness (QED) is 0.538. The molecule has 2 aromatic rings. The highest BCUT2D eigenvalue weighted by Crippen LogP contribution is 2.34. The molecule has 1 amide bonds. The first-order chi connectivity index (χ1) is 13.6. The number of para-hydroxylation sites is 1. The van der Waals surface area contributed by atoms with Crippen LogP contribution < -0.4 is 15.4 Å². The molecule has 0 fully saturated rings. The molecule has 0 saturated heterocycles. The number of hydrogen-bond donors (Lipinski definition) is 2. The van der Waals surface area contributed by atoms with Gasteiger partial charge in [0, 0.05) is 11.3 Å². The van der Waals surface area contributed by atoms with E-state index in [0.29, 0.717) is 11.3 Å². The van der Waals surface area contributed by atoms with Crippen LogP contribution in [0.25, 0.3) is 0 Å². The molecule has 0 aromatic heterocycles. The van der Waals surface area contributed by atoms with Gasteiger partial charge in [-0.25, -0.2) is 4.79 Å². The number of alkyl halides is 3. The smallest absolute Gasteiger partial charge is 0.441 e. The number of halogens is 3. The molecule has 2 aromatic carbocycles. The second-order valence-electron chi connectivity index (χ2n) is 6.09. The Hall–Kier alpha value is -3.23. The fourth-order valence-electron chi connectivity index (χ4n) is 2.53. The third-order valence-electron chi connectivity index (χ3n) is 4.13. The highest BCUT2D eigenvalue weighted by molar-refractivity contribution is 5.99. The maximum absolute atomic E-state index is 14.2. The lowest BCUT2D eigenvalue weighted by atomic mass is 10.1. The number of carbonyl (C=O) groups excluding carboxylic acids is 2. The summed E-state index contributed by atoms with van der Waals surface area (Å²) in [5.74, 6) is -2.36. The minimum absolute atomic E-state index is 0.0212. The van der Waals surface area contributed by atoms with Crippen LogP contribution in [0, 0.1) is 6.92 Å². The van der Waals surface area contributed by atoms with Crippen LogP contribution in [0.5, 0.6) is 5.75 Å². The number of anilines is 1. The predicted octanol–water partition coefficient (Wildman–Crippen LogP) is 3.67. The molecule has 156 valence electrons. The largest absolute Gasteiger partial charge is 0.497 e. The Kier molecular flexibility index (Phi) is 6.73. The Bertz CT molecular complexity index is 869. The molecule has 1 atom stereocenters. The van der Waals surface area contributed by atoms with Crippen molar-refractivity contribution >= 4 is 17.6 Å². The first-order valence-corrected chi connectivity index (χ1v) is 8.69. The van der Waals surface area contributed by atoms with E-state index in [9.17, 15) is 22.8 Å². The van der Waals surface area contributed by atoms with Crippen LogP contribution in [0.3, 0.4) is 0 Å². The summed E-state index contributed by atoms with van der Waals surface area (Å²) >= 11 is 0. The third-order valence-corrected chi connectivity index (χ3v) is 4.13. The Morgan fingerprint density at radius 3 is 2.17 bits per heavy atom. The van der Waals surface area contributed by atoms with Crippen molar-refractivity contribution in [1.82, 2.24) is 5.32 Å². The summed E-state index contributed by atoms with van der Waals surface area (Å²) < 4.78 is 52.1. The van der Waals surface area contributed by atoms with Crippen LogP contribution in [0.1, 0.15) is 22.8 Å². The summed E-state index contributed by atoms with van der Waals surface area (Å²) in [5, 5.41) is 3.95. The standard InChI is InChI=1S/C20H21F3N2O4/c1-4-29-18(27)19(20(21,22)23,24-16-8-6-5-7-13(16)2)25-17(26)14-9-11-15(28-3)12-10-14/h5-12,24H,4H2,1-3H3,(H,25,26)/t19-/m1/s1. The number of ether oxygens (including phenoxy) is 2. The third kappa shape index (κ3) is 4.79. The van der Waals surface area contributed by atoms with E-state index in [1.54, 1.807) is 24.4 Å². The van der Waals surface area contributed by atoms with Crippen molar-refractivity contribution in [2.75, 3.05) is 19.0 Å². The minimum atomic E-state index is -5.20. The zero-order chi connectivity index (χ0) is 21.7. The fourth-order valence-corrected chi connectivity index (χ4v) is 2.53. The van der Waals surface area contributed by atoms with Gasteiger partial charge in [-0.05, 0) is 49.7 Å². The van der Waals surface area contributed by atoms with Crippen molar-refractivity contribution in [3.8, 4) is 5.75 Å². The molecule has 0 aliphatic rings. The van der Waals surface area contributed by atoms with Crippen molar-refractivity contribution in [3.63, 3.8) is 0 Å². The molecule has 9 heteroatoms. The van der Waals surface area contributed by atoms with Gasteiger partial charge < -0.3 is 20.1 Å².